The highest BCUT2D eigenvalue weighted by atomic mass is 16.5. The average molecular weight is 246 g/mol. The van der Waals surface area contributed by atoms with Crippen molar-refractivity contribution in [2.24, 2.45) is 0 Å². The number of hydrogen-bond acceptors (Lipinski definition) is 5. The first kappa shape index (κ1) is 12.2. The number of benzene rings is 1. The summed E-state index contributed by atoms with van der Waals surface area (Å²) in [5.41, 5.74) is 0.965. The highest BCUT2D eigenvalue weighted by molar-refractivity contribution is 5.71. The molecule has 1 unspecified atom stereocenters. The molecule has 0 fully saturated rings. The van der Waals surface area contributed by atoms with Crippen LogP contribution in [0.5, 0.6) is 0 Å². The molecule has 2 aromatic rings. The first-order valence-electron chi connectivity index (χ1n) is 5.75. The van der Waals surface area contributed by atoms with E-state index >= 15 is 0 Å². The molecule has 18 heavy (non-hydrogen) atoms. The van der Waals surface area contributed by atoms with E-state index in [2.05, 4.69) is 20.6 Å². The number of aromatic amines is 1. The van der Waals surface area contributed by atoms with E-state index in [1.807, 2.05) is 30.3 Å². The van der Waals surface area contributed by atoms with Crippen LogP contribution in [0.25, 0.3) is 0 Å². The Balaban J connectivity index is 2.22. The Kier molecular flexibility index (Phi) is 4.01. The van der Waals surface area contributed by atoms with Gasteiger partial charge in [-0.25, -0.2) is 0 Å². The lowest BCUT2D eigenvalue weighted by Gasteiger charge is -2.12. The molecule has 0 aliphatic rings. The third-order valence-corrected chi connectivity index (χ3v) is 2.55. The van der Waals surface area contributed by atoms with E-state index < -0.39 is 0 Å². The van der Waals surface area contributed by atoms with Crippen molar-refractivity contribution in [1.82, 2.24) is 20.6 Å². The zero-order valence-corrected chi connectivity index (χ0v) is 10.0. The molecule has 0 saturated heterocycles. The van der Waals surface area contributed by atoms with Crippen LogP contribution in [0.15, 0.2) is 30.3 Å². The highest BCUT2D eigenvalue weighted by Gasteiger charge is 2.22. The van der Waals surface area contributed by atoms with Crippen molar-refractivity contribution < 1.29 is 9.53 Å². The Morgan fingerprint density at radius 2 is 2.17 bits per heavy atom. The molecule has 0 aliphatic heterocycles. The third kappa shape index (κ3) is 2.91. The number of carbonyl (C=O) groups is 1. The van der Waals surface area contributed by atoms with Crippen LogP contribution in [0.1, 0.15) is 30.7 Å². The molecule has 6 nitrogen and oxygen atoms in total. The van der Waals surface area contributed by atoms with E-state index in [4.69, 9.17) is 4.74 Å². The molecule has 1 N–H and O–H groups in total. The second kappa shape index (κ2) is 5.90. The van der Waals surface area contributed by atoms with E-state index in [0.29, 0.717) is 12.4 Å². The fourth-order valence-corrected chi connectivity index (χ4v) is 1.75. The Morgan fingerprint density at radius 1 is 1.39 bits per heavy atom. The fraction of sp³-hybridized carbons (Fsp3) is 0.333. The van der Waals surface area contributed by atoms with Crippen LogP contribution in [0.3, 0.4) is 0 Å². The molecule has 1 heterocycles. The standard InChI is InChI=1S/C12H14N4O2/c1-2-18-11(17)8-10(12-13-15-16-14-12)9-6-4-3-5-7-9/h3-7,10H,2,8H2,1H3,(H,13,14,15,16). The zero-order chi connectivity index (χ0) is 12.8. The quantitative estimate of drug-likeness (QED) is 0.804. The van der Waals surface area contributed by atoms with E-state index in [1.54, 1.807) is 6.92 Å². The second-order valence-corrected chi connectivity index (χ2v) is 3.74. The van der Waals surface area contributed by atoms with Crippen LogP contribution in [0, 0.1) is 0 Å². The van der Waals surface area contributed by atoms with Crippen molar-refractivity contribution in [2.45, 2.75) is 19.3 Å². The van der Waals surface area contributed by atoms with Gasteiger partial charge in [0.05, 0.1) is 18.9 Å². The van der Waals surface area contributed by atoms with Gasteiger partial charge in [0.25, 0.3) is 0 Å². The highest BCUT2D eigenvalue weighted by Crippen LogP contribution is 2.24. The molecular weight excluding hydrogens is 232 g/mol. The molecule has 0 spiro atoms. The summed E-state index contributed by atoms with van der Waals surface area (Å²) in [5.74, 6) is -0.00518. The maximum atomic E-state index is 11.6. The van der Waals surface area contributed by atoms with Crippen molar-refractivity contribution >= 4 is 5.97 Å². The normalized spacial score (nSPS) is 12.1. The van der Waals surface area contributed by atoms with Gasteiger partial charge in [-0.05, 0) is 12.5 Å². The van der Waals surface area contributed by atoms with Gasteiger partial charge in [-0.3, -0.25) is 4.79 Å². The van der Waals surface area contributed by atoms with Crippen LogP contribution in [-0.2, 0) is 9.53 Å². The smallest absolute Gasteiger partial charge is 0.306 e. The minimum atomic E-state index is -0.267. The summed E-state index contributed by atoms with van der Waals surface area (Å²) in [5, 5.41) is 13.8. The number of H-pyrrole nitrogens is 1. The van der Waals surface area contributed by atoms with Crippen LogP contribution in [0.4, 0.5) is 0 Å². The largest absolute Gasteiger partial charge is 0.466 e. The average Bonchev–Trinajstić information content (AvgIpc) is 2.91. The molecule has 1 atom stereocenters. The van der Waals surface area contributed by atoms with Gasteiger partial charge >= 0.3 is 5.97 Å². The van der Waals surface area contributed by atoms with Gasteiger partial charge in [0.1, 0.15) is 0 Å². The molecule has 0 bridgehead atoms. The molecule has 94 valence electrons. The van der Waals surface area contributed by atoms with Crippen LogP contribution >= 0.6 is 0 Å². The van der Waals surface area contributed by atoms with Gasteiger partial charge in [0.15, 0.2) is 5.82 Å². The Hall–Kier alpha value is -2.24. The molecule has 0 saturated carbocycles. The lowest BCUT2D eigenvalue weighted by molar-refractivity contribution is -0.143. The van der Waals surface area contributed by atoms with Crippen LogP contribution < -0.4 is 0 Å². The maximum Gasteiger partial charge on any atom is 0.306 e. The molecule has 2 rings (SSSR count). The minimum Gasteiger partial charge on any atom is -0.466 e. The predicted molar refractivity (Wildman–Crippen MR) is 63.7 cm³/mol. The molecule has 0 amide bonds. The van der Waals surface area contributed by atoms with Gasteiger partial charge in [-0.1, -0.05) is 35.5 Å². The van der Waals surface area contributed by atoms with Crippen molar-refractivity contribution in [3.05, 3.63) is 41.7 Å². The number of ether oxygens (including phenoxy) is 1. The number of rotatable bonds is 5. The van der Waals surface area contributed by atoms with Crippen LogP contribution in [-0.4, -0.2) is 33.2 Å². The number of carbonyl (C=O) groups excluding carboxylic acids is 1. The van der Waals surface area contributed by atoms with Gasteiger partial charge in [-0.2, -0.15) is 5.21 Å². The molecule has 1 aromatic carbocycles. The number of tetrazole rings is 1. The Labute approximate surface area is 104 Å². The zero-order valence-electron chi connectivity index (χ0n) is 10.0. The first-order chi connectivity index (χ1) is 8.81. The minimum absolute atomic E-state index is 0.206. The lowest BCUT2D eigenvalue weighted by atomic mass is 9.95. The molecular formula is C12H14N4O2. The monoisotopic (exact) mass is 246 g/mol. The van der Waals surface area contributed by atoms with Gasteiger partial charge in [0, 0.05) is 0 Å². The van der Waals surface area contributed by atoms with Gasteiger partial charge in [0.2, 0.25) is 0 Å². The van der Waals surface area contributed by atoms with E-state index in [1.165, 1.54) is 0 Å². The summed E-state index contributed by atoms with van der Waals surface area (Å²) in [4.78, 5) is 11.6. The number of nitrogens with zero attached hydrogens (tertiary/aromatic N) is 3. The van der Waals surface area contributed by atoms with E-state index in [-0.39, 0.29) is 18.3 Å². The maximum absolute atomic E-state index is 11.6. The van der Waals surface area contributed by atoms with Crippen molar-refractivity contribution in [3.63, 3.8) is 0 Å². The van der Waals surface area contributed by atoms with Gasteiger partial charge < -0.3 is 4.74 Å². The van der Waals surface area contributed by atoms with Crippen molar-refractivity contribution in [2.75, 3.05) is 6.61 Å². The van der Waals surface area contributed by atoms with E-state index in [9.17, 15) is 4.79 Å². The topological polar surface area (TPSA) is 80.8 Å². The van der Waals surface area contributed by atoms with Gasteiger partial charge in [-0.15, -0.1) is 10.2 Å². The number of aromatic nitrogens is 4. The van der Waals surface area contributed by atoms with Crippen molar-refractivity contribution in [3.8, 4) is 0 Å². The first-order valence-corrected chi connectivity index (χ1v) is 5.75. The van der Waals surface area contributed by atoms with Crippen molar-refractivity contribution in [1.29, 1.82) is 0 Å². The van der Waals surface area contributed by atoms with Crippen LogP contribution in [0.2, 0.25) is 0 Å². The summed E-state index contributed by atoms with van der Waals surface area (Å²) >= 11 is 0. The van der Waals surface area contributed by atoms with E-state index in [0.717, 1.165) is 5.56 Å². The molecule has 6 heteroatoms. The fourth-order valence-electron chi connectivity index (χ4n) is 1.75. The third-order valence-electron chi connectivity index (χ3n) is 2.55. The SMILES string of the molecule is CCOC(=O)CC(c1ccccc1)c1nn[nH]n1. The predicted octanol–water partition coefficient (Wildman–Crippen LogP) is 1.28. The number of nitrogens with one attached hydrogen (secondary N) is 1. The summed E-state index contributed by atoms with van der Waals surface area (Å²) in [6.45, 7) is 2.15. The number of hydrogen-bond donors (Lipinski definition) is 1. The summed E-state index contributed by atoms with van der Waals surface area (Å²) in [6, 6.07) is 9.60. The summed E-state index contributed by atoms with van der Waals surface area (Å²) in [7, 11) is 0. The Bertz CT molecular complexity index is 484. The lowest BCUT2D eigenvalue weighted by Crippen LogP contribution is -2.13. The molecule has 1 aromatic heterocycles. The molecule has 0 radical (unpaired) electrons. The number of esters is 1. The Morgan fingerprint density at radius 3 is 2.78 bits per heavy atom. The summed E-state index contributed by atoms with van der Waals surface area (Å²) < 4.78 is 4.97. The molecule has 0 aliphatic carbocycles. The summed E-state index contributed by atoms with van der Waals surface area (Å²) in [6.07, 6.45) is 0.206. The second-order valence-electron chi connectivity index (χ2n) is 3.74.